The number of carbonyl (C=O) groups is 2. The molecule has 1 heterocycles. The first-order valence-electron chi connectivity index (χ1n) is 3.79. The summed E-state index contributed by atoms with van der Waals surface area (Å²) in [6, 6.07) is 0. The van der Waals surface area contributed by atoms with Crippen LogP contribution in [-0.4, -0.2) is 36.9 Å². The van der Waals surface area contributed by atoms with Gasteiger partial charge in [-0.05, 0) is 0 Å². The maximum absolute atomic E-state index is 11.5. The molecule has 88 valence electrons. The van der Waals surface area contributed by atoms with Gasteiger partial charge in [0.25, 0.3) is 10.0 Å². The fourth-order valence-electron chi connectivity index (χ4n) is 0.800. The fourth-order valence-corrected chi connectivity index (χ4v) is 2.98. The van der Waals surface area contributed by atoms with Crippen molar-refractivity contribution in [3.05, 3.63) is 11.2 Å². The molecule has 0 bridgehead atoms. The van der Waals surface area contributed by atoms with Gasteiger partial charge in [0.15, 0.2) is 9.90 Å². The van der Waals surface area contributed by atoms with Crippen molar-refractivity contribution in [3.8, 4) is 0 Å². The zero-order valence-corrected chi connectivity index (χ0v) is 9.34. The summed E-state index contributed by atoms with van der Waals surface area (Å²) in [5.74, 6) is -2.33. The quantitative estimate of drug-likeness (QED) is 0.598. The highest BCUT2D eigenvalue weighted by Gasteiger charge is 2.25. The predicted octanol–water partition coefficient (Wildman–Crippen LogP) is -1.40. The molecule has 0 saturated heterocycles. The maximum Gasteiger partial charge on any atom is 0.356 e. The number of hydrogen-bond acceptors (Lipinski definition) is 6. The van der Waals surface area contributed by atoms with Crippen LogP contribution in [0.4, 0.5) is 0 Å². The number of nitrogens with one attached hydrogen (secondary N) is 1. The predicted molar refractivity (Wildman–Crippen MR) is 53.5 cm³/mol. The molecular weight excluding hydrogens is 258 g/mol. The van der Waals surface area contributed by atoms with Crippen LogP contribution >= 0.6 is 11.3 Å². The standard InChI is InChI=1S/C6H7N3O5S2/c7-3(10)1-9-16(13,14)6-4(5(11)12)8-2-15-6/h2,9H,1H2,(H2,7,10)(H,11,12). The van der Waals surface area contributed by atoms with Crippen LogP contribution in [0.2, 0.25) is 0 Å². The molecule has 1 aromatic rings. The Hall–Kier alpha value is -1.52. The van der Waals surface area contributed by atoms with Crippen LogP contribution in [0.3, 0.4) is 0 Å². The number of carboxylic acids is 1. The Bertz CT molecular complexity index is 520. The number of carboxylic acid groups (broad SMARTS) is 1. The molecule has 1 amide bonds. The van der Waals surface area contributed by atoms with E-state index in [-0.39, 0.29) is 0 Å². The third kappa shape index (κ3) is 2.74. The van der Waals surface area contributed by atoms with Crippen LogP contribution in [0.25, 0.3) is 0 Å². The first-order chi connectivity index (χ1) is 7.34. The Labute approximate surface area is 94.2 Å². The summed E-state index contributed by atoms with van der Waals surface area (Å²) in [4.78, 5) is 24.4. The van der Waals surface area contributed by atoms with E-state index in [1.54, 1.807) is 0 Å². The molecule has 4 N–H and O–H groups in total. The minimum Gasteiger partial charge on any atom is -0.476 e. The molecule has 0 aromatic carbocycles. The zero-order valence-electron chi connectivity index (χ0n) is 7.71. The Morgan fingerprint density at radius 1 is 1.56 bits per heavy atom. The molecule has 8 nitrogen and oxygen atoms in total. The molecule has 0 aliphatic carbocycles. The van der Waals surface area contributed by atoms with E-state index in [1.807, 2.05) is 4.72 Å². The van der Waals surface area contributed by atoms with Crippen LogP contribution in [0.5, 0.6) is 0 Å². The second kappa shape index (κ2) is 4.55. The number of sulfonamides is 1. The number of aromatic carboxylic acids is 1. The lowest BCUT2D eigenvalue weighted by Crippen LogP contribution is -2.33. The van der Waals surface area contributed by atoms with Crippen molar-refractivity contribution in [3.63, 3.8) is 0 Å². The SMILES string of the molecule is NC(=O)CNS(=O)(=O)c1scnc1C(=O)O. The number of hydrogen-bond donors (Lipinski definition) is 3. The third-order valence-electron chi connectivity index (χ3n) is 1.42. The molecular formula is C6H7N3O5S2. The van der Waals surface area contributed by atoms with Crippen molar-refractivity contribution in [2.75, 3.05) is 6.54 Å². The first kappa shape index (κ1) is 12.5. The zero-order chi connectivity index (χ0) is 12.3. The lowest BCUT2D eigenvalue weighted by atomic mass is 10.5. The monoisotopic (exact) mass is 265 g/mol. The smallest absolute Gasteiger partial charge is 0.356 e. The molecule has 0 spiro atoms. The number of amides is 1. The number of primary amides is 1. The van der Waals surface area contributed by atoms with Crippen molar-refractivity contribution in [2.24, 2.45) is 5.73 Å². The molecule has 0 radical (unpaired) electrons. The van der Waals surface area contributed by atoms with Crippen LogP contribution in [0.1, 0.15) is 10.5 Å². The van der Waals surface area contributed by atoms with Crippen molar-refractivity contribution < 1.29 is 23.1 Å². The summed E-state index contributed by atoms with van der Waals surface area (Å²) in [6.45, 7) is -0.598. The van der Waals surface area contributed by atoms with Crippen molar-refractivity contribution in [1.82, 2.24) is 9.71 Å². The molecule has 0 fully saturated rings. The molecule has 0 unspecified atom stereocenters. The van der Waals surface area contributed by atoms with E-state index in [0.29, 0.717) is 11.3 Å². The lowest BCUT2D eigenvalue weighted by Gasteiger charge is -2.02. The summed E-state index contributed by atoms with van der Waals surface area (Å²) in [5.41, 5.74) is 5.26. The summed E-state index contributed by atoms with van der Waals surface area (Å²) >= 11 is 0.642. The topological polar surface area (TPSA) is 139 Å². The number of carbonyl (C=O) groups excluding carboxylic acids is 1. The normalized spacial score (nSPS) is 11.2. The minimum absolute atomic E-state index is 0.457. The first-order valence-corrected chi connectivity index (χ1v) is 6.15. The van der Waals surface area contributed by atoms with Crippen LogP contribution < -0.4 is 10.5 Å². The van der Waals surface area contributed by atoms with E-state index < -0.39 is 38.3 Å². The van der Waals surface area contributed by atoms with Gasteiger partial charge in [0.05, 0.1) is 12.1 Å². The van der Waals surface area contributed by atoms with E-state index in [1.165, 1.54) is 0 Å². The highest BCUT2D eigenvalue weighted by molar-refractivity contribution is 7.91. The van der Waals surface area contributed by atoms with Gasteiger partial charge in [-0.25, -0.2) is 22.9 Å². The highest BCUT2D eigenvalue weighted by Crippen LogP contribution is 2.19. The van der Waals surface area contributed by atoms with Crippen LogP contribution in [-0.2, 0) is 14.8 Å². The van der Waals surface area contributed by atoms with Crippen LogP contribution in [0, 0.1) is 0 Å². The highest BCUT2D eigenvalue weighted by atomic mass is 32.2. The van der Waals surface area contributed by atoms with E-state index in [2.05, 4.69) is 4.98 Å². The Morgan fingerprint density at radius 2 is 2.19 bits per heavy atom. The average Bonchev–Trinajstić information content (AvgIpc) is 2.63. The molecule has 0 aliphatic rings. The minimum atomic E-state index is -4.06. The van der Waals surface area contributed by atoms with Gasteiger partial charge in [-0.1, -0.05) is 0 Å². The number of nitrogens with two attached hydrogens (primary N) is 1. The maximum atomic E-state index is 11.5. The number of aromatic nitrogens is 1. The molecule has 0 atom stereocenters. The molecule has 1 aromatic heterocycles. The average molecular weight is 265 g/mol. The third-order valence-corrected chi connectivity index (χ3v) is 4.19. The molecule has 0 aliphatic heterocycles. The van der Waals surface area contributed by atoms with E-state index in [0.717, 1.165) is 5.51 Å². The van der Waals surface area contributed by atoms with Crippen molar-refractivity contribution in [1.29, 1.82) is 0 Å². The Morgan fingerprint density at radius 3 is 2.69 bits per heavy atom. The molecule has 1 rings (SSSR count). The Balaban J connectivity index is 3.03. The second-order valence-electron chi connectivity index (χ2n) is 2.58. The van der Waals surface area contributed by atoms with E-state index >= 15 is 0 Å². The van der Waals surface area contributed by atoms with Gasteiger partial charge in [0.2, 0.25) is 5.91 Å². The van der Waals surface area contributed by atoms with Gasteiger partial charge >= 0.3 is 5.97 Å². The second-order valence-corrected chi connectivity index (χ2v) is 5.40. The van der Waals surface area contributed by atoms with Crippen molar-refractivity contribution >= 4 is 33.2 Å². The van der Waals surface area contributed by atoms with Crippen LogP contribution in [0.15, 0.2) is 9.72 Å². The molecule has 16 heavy (non-hydrogen) atoms. The summed E-state index contributed by atoms with van der Waals surface area (Å²) < 4.78 is 24.4. The van der Waals surface area contributed by atoms with Gasteiger partial charge in [0.1, 0.15) is 0 Å². The van der Waals surface area contributed by atoms with Gasteiger partial charge in [-0.2, -0.15) is 0 Å². The number of rotatable bonds is 5. The summed E-state index contributed by atoms with van der Waals surface area (Å²) in [7, 11) is -4.06. The molecule has 10 heteroatoms. The molecule has 0 saturated carbocycles. The van der Waals surface area contributed by atoms with Crippen molar-refractivity contribution in [2.45, 2.75) is 4.21 Å². The van der Waals surface area contributed by atoms with Gasteiger partial charge in [0, 0.05) is 0 Å². The largest absolute Gasteiger partial charge is 0.476 e. The van der Waals surface area contributed by atoms with E-state index in [4.69, 9.17) is 10.8 Å². The number of thiazole rings is 1. The van der Waals surface area contributed by atoms with E-state index in [9.17, 15) is 18.0 Å². The van der Waals surface area contributed by atoms with Gasteiger partial charge in [-0.3, -0.25) is 4.79 Å². The Kier molecular flexibility index (Phi) is 3.57. The summed E-state index contributed by atoms with van der Waals surface area (Å²) in [6.07, 6.45) is 0. The fraction of sp³-hybridized carbons (Fsp3) is 0.167. The van der Waals surface area contributed by atoms with Gasteiger partial charge in [-0.15, -0.1) is 11.3 Å². The number of nitrogens with zero attached hydrogens (tertiary/aromatic N) is 1. The lowest BCUT2D eigenvalue weighted by molar-refractivity contribution is -0.116. The van der Waals surface area contributed by atoms with Gasteiger partial charge < -0.3 is 10.8 Å². The summed E-state index contributed by atoms with van der Waals surface area (Å²) in [5, 5.41) is 8.66.